The molecule has 0 aliphatic carbocycles. The summed E-state index contributed by atoms with van der Waals surface area (Å²) in [6.45, 7) is 6.11. The zero-order chi connectivity index (χ0) is 16.8. The lowest BCUT2D eigenvalue weighted by atomic mass is 9.97. The van der Waals surface area contributed by atoms with Crippen molar-refractivity contribution in [3.8, 4) is 12.1 Å². The summed E-state index contributed by atoms with van der Waals surface area (Å²) in [6, 6.07) is 12.0. The highest BCUT2D eigenvalue weighted by Gasteiger charge is 2.10. The average molecular weight is 302 g/mol. The Hall–Kier alpha value is -3.04. The molecule has 2 rings (SSSR count). The van der Waals surface area contributed by atoms with Crippen LogP contribution >= 0.6 is 0 Å². The van der Waals surface area contributed by atoms with Crippen LogP contribution in [0.4, 0.5) is 0 Å². The van der Waals surface area contributed by atoms with Crippen LogP contribution in [-0.2, 0) is 4.74 Å². The van der Waals surface area contributed by atoms with E-state index in [0.29, 0.717) is 23.0 Å². The lowest BCUT2D eigenvalue weighted by Crippen LogP contribution is -1.97. The summed E-state index contributed by atoms with van der Waals surface area (Å²) in [5.41, 5.74) is 3.06. The minimum atomic E-state index is 0.0844. The van der Waals surface area contributed by atoms with Crippen molar-refractivity contribution in [3.05, 3.63) is 76.3 Å². The van der Waals surface area contributed by atoms with E-state index in [4.69, 9.17) is 15.3 Å². The van der Waals surface area contributed by atoms with Crippen LogP contribution in [0.2, 0.25) is 0 Å². The molecule has 0 amide bonds. The first-order valence-electron chi connectivity index (χ1n) is 7.44. The zero-order valence-electron chi connectivity index (χ0n) is 13.5. The third-order valence-electron chi connectivity index (χ3n) is 3.49. The summed E-state index contributed by atoms with van der Waals surface area (Å²) in [6.07, 6.45) is 7.27. The van der Waals surface area contributed by atoms with E-state index in [0.717, 1.165) is 5.56 Å². The van der Waals surface area contributed by atoms with Crippen molar-refractivity contribution in [1.82, 2.24) is 0 Å². The first kappa shape index (κ1) is 16.3. The summed E-state index contributed by atoms with van der Waals surface area (Å²) in [4.78, 5) is 0. The van der Waals surface area contributed by atoms with Gasteiger partial charge in [0.25, 0.3) is 0 Å². The Kier molecular flexibility index (Phi) is 5.18. The largest absolute Gasteiger partial charge is 0.462 e. The van der Waals surface area contributed by atoms with Crippen LogP contribution in [-0.4, -0.2) is 0 Å². The summed E-state index contributed by atoms with van der Waals surface area (Å²) in [5, 5.41) is 18.0. The van der Waals surface area contributed by atoms with Crippen molar-refractivity contribution in [1.29, 1.82) is 10.5 Å². The Morgan fingerprint density at radius 1 is 1.09 bits per heavy atom. The molecule has 1 aromatic rings. The normalized spacial score (nSPS) is 13.9. The van der Waals surface area contributed by atoms with Gasteiger partial charge in [0.2, 0.25) is 0 Å². The Morgan fingerprint density at radius 3 is 2.43 bits per heavy atom. The van der Waals surface area contributed by atoms with Crippen LogP contribution in [0.5, 0.6) is 0 Å². The fraction of sp³-hybridized carbons (Fsp3) is 0.200. The lowest BCUT2D eigenvalue weighted by molar-refractivity contribution is 0.318. The average Bonchev–Trinajstić information content (AvgIpc) is 2.54. The van der Waals surface area contributed by atoms with E-state index in [9.17, 15) is 0 Å². The van der Waals surface area contributed by atoms with Crippen LogP contribution in [0.1, 0.15) is 37.8 Å². The van der Waals surface area contributed by atoms with Crippen molar-refractivity contribution in [2.24, 2.45) is 0 Å². The Bertz CT molecular complexity index is 793. The van der Waals surface area contributed by atoms with Crippen molar-refractivity contribution in [2.45, 2.75) is 26.7 Å². The molecule has 0 saturated carbocycles. The van der Waals surface area contributed by atoms with Crippen LogP contribution < -0.4 is 0 Å². The molecule has 0 unspecified atom stereocenters. The molecular weight excluding hydrogens is 284 g/mol. The minimum absolute atomic E-state index is 0.0844. The number of nitriles is 2. The monoisotopic (exact) mass is 302 g/mol. The van der Waals surface area contributed by atoms with Crippen molar-refractivity contribution in [2.75, 3.05) is 0 Å². The molecular formula is C20H18N2O. The van der Waals surface area contributed by atoms with E-state index in [2.05, 4.69) is 26.0 Å². The molecule has 1 heterocycles. The highest BCUT2D eigenvalue weighted by atomic mass is 16.5. The van der Waals surface area contributed by atoms with E-state index in [1.165, 1.54) is 5.56 Å². The van der Waals surface area contributed by atoms with Gasteiger partial charge in [-0.3, -0.25) is 0 Å². The molecule has 3 nitrogen and oxygen atoms in total. The molecule has 0 fully saturated rings. The van der Waals surface area contributed by atoms with Crippen molar-refractivity contribution in [3.63, 3.8) is 0 Å². The molecule has 0 atom stereocenters. The molecule has 1 aliphatic heterocycles. The maximum atomic E-state index is 9.01. The van der Waals surface area contributed by atoms with Gasteiger partial charge in [-0.15, -0.1) is 0 Å². The van der Waals surface area contributed by atoms with E-state index in [1.54, 1.807) is 19.1 Å². The number of hydrogen-bond acceptors (Lipinski definition) is 3. The molecule has 1 aliphatic rings. The Morgan fingerprint density at radius 2 is 1.78 bits per heavy atom. The topological polar surface area (TPSA) is 56.8 Å². The van der Waals surface area contributed by atoms with Gasteiger partial charge in [0.15, 0.2) is 0 Å². The minimum Gasteiger partial charge on any atom is -0.462 e. The molecule has 23 heavy (non-hydrogen) atoms. The number of hydrogen-bond donors (Lipinski definition) is 0. The molecule has 0 saturated heterocycles. The third-order valence-corrected chi connectivity index (χ3v) is 3.49. The molecule has 0 spiro atoms. The number of nitrogens with zero attached hydrogens (tertiary/aromatic N) is 2. The first-order chi connectivity index (χ1) is 11.0. The maximum absolute atomic E-state index is 9.01. The summed E-state index contributed by atoms with van der Waals surface area (Å²) in [7, 11) is 0. The third kappa shape index (κ3) is 3.99. The second-order valence-corrected chi connectivity index (χ2v) is 5.57. The fourth-order valence-electron chi connectivity index (χ4n) is 2.40. The molecule has 1 aromatic carbocycles. The van der Waals surface area contributed by atoms with E-state index >= 15 is 0 Å². The van der Waals surface area contributed by atoms with Gasteiger partial charge in [-0.25, -0.2) is 0 Å². The summed E-state index contributed by atoms with van der Waals surface area (Å²) in [5.74, 6) is 1.70. The van der Waals surface area contributed by atoms with E-state index in [1.807, 2.05) is 36.4 Å². The van der Waals surface area contributed by atoms with Crippen LogP contribution in [0.15, 0.2) is 65.2 Å². The fourth-order valence-corrected chi connectivity index (χ4v) is 2.40. The highest BCUT2D eigenvalue weighted by Crippen LogP contribution is 2.24. The number of ether oxygens (including phenoxy) is 1. The number of rotatable bonds is 3. The predicted molar refractivity (Wildman–Crippen MR) is 90.7 cm³/mol. The van der Waals surface area contributed by atoms with Gasteiger partial charge in [0, 0.05) is 5.57 Å². The predicted octanol–water partition coefficient (Wildman–Crippen LogP) is 4.98. The summed E-state index contributed by atoms with van der Waals surface area (Å²) >= 11 is 0. The molecule has 114 valence electrons. The van der Waals surface area contributed by atoms with Crippen LogP contribution in [0.3, 0.4) is 0 Å². The van der Waals surface area contributed by atoms with Crippen LogP contribution in [0.25, 0.3) is 6.08 Å². The van der Waals surface area contributed by atoms with Crippen molar-refractivity contribution < 1.29 is 4.74 Å². The van der Waals surface area contributed by atoms with Gasteiger partial charge in [0.1, 0.15) is 29.2 Å². The molecule has 0 radical (unpaired) electrons. The molecule has 0 N–H and O–H groups in total. The molecule has 0 bridgehead atoms. The molecule has 3 heteroatoms. The van der Waals surface area contributed by atoms with E-state index in [-0.39, 0.29) is 5.57 Å². The van der Waals surface area contributed by atoms with Gasteiger partial charge < -0.3 is 4.74 Å². The van der Waals surface area contributed by atoms with Gasteiger partial charge in [0.05, 0.1) is 0 Å². The Balaban J connectivity index is 2.36. The second kappa shape index (κ2) is 7.29. The summed E-state index contributed by atoms with van der Waals surface area (Å²) < 4.78 is 5.66. The second-order valence-electron chi connectivity index (χ2n) is 5.57. The zero-order valence-corrected chi connectivity index (χ0v) is 13.5. The van der Waals surface area contributed by atoms with Crippen molar-refractivity contribution >= 4 is 6.08 Å². The lowest BCUT2D eigenvalue weighted by Gasteiger charge is -2.14. The van der Waals surface area contributed by atoms with Crippen LogP contribution in [0, 0.1) is 22.7 Å². The highest BCUT2D eigenvalue weighted by molar-refractivity contribution is 5.59. The van der Waals surface area contributed by atoms with Gasteiger partial charge >= 0.3 is 0 Å². The smallest absolute Gasteiger partial charge is 0.137 e. The maximum Gasteiger partial charge on any atom is 0.137 e. The van der Waals surface area contributed by atoms with Gasteiger partial charge in [-0.05, 0) is 42.2 Å². The number of benzene rings is 1. The molecule has 0 aromatic heterocycles. The van der Waals surface area contributed by atoms with E-state index < -0.39 is 0 Å². The first-order valence-corrected chi connectivity index (χ1v) is 7.44. The quantitative estimate of drug-likeness (QED) is 0.739. The van der Waals surface area contributed by atoms with Gasteiger partial charge in [-0.2, -0.15) is 10.5 Å². The Labute approximate surface area is 137 Å². The number of allylic oxidation sites excluding steroid dienone is 6. The standard InChI is InChI=1S/C20H18N2O/c1-14(2)20-7-5-4-6-16(20)8-9-19-11-17(10-15(3)23-19)18(12-21)13-22/h4-11,14H,1-3H3/b9-8+. The van der Waals surface area contributed by atoms with Gasteiger partial charge in [-0.1, -0.05) is 44.2 Å². The SMILES string of the molecule is CC1=CC(=C(C#N)C#N)C=C(/C=C/c2ccccc2C(C)C)O1.